The zero-order valence-electron chi connectivity index (χ0n) is 11.1. The third-order valence-corrected chi connectivity index (χ3v) is 2.95. The van der Waals surface area contributed by atoms with Crippen molar-refractivity contribution in [2.45, 2.75) is 13.5 Å². The van der Waals surface area contributed by atoms with Gasteiger partial charge in [-0.25, -0.2) is 0 Å². The number of ether oxygens (including phenoxy) is 1. The van der Waals surface area contributed by atoms with Gasteiger partial charge in [0.05, 0.1) is 18.9 Å². The van der Waals surface area contributed by atoms with Gasteiger partial charge in [0.2, 0.25) is 0 Å². The first-order valence-corrected chi connectivity index (χ1v) is 6.15. The highest BCUT2D eigenvalue weighted by Crippen LogP contribution is 2.14. The molecule has 0 saturated carbocycles. The standard InChI is InChI=1S/C14H17N3O2/c1-3-17(14(18)12-8-15-16-9-12)10-11-4-6-13(19-2)7-5-11/h4-9H,3,10H2,1-2H3,(H,15,16). The lowest BCUT2D eigenvalue weighted by molar-refractivity contribution is 0.0752. The fraction of sp³-hybridized carbons (Fsp3) is 0.286. The summed E-state index contributed by atoms with van der Waals surface area (Å²) in [5.74, 6) is 0.792. The average Bonchev–Trinajstić information content (AvgIpc) is 2.99. The predicted octanol–water partition coefficient (Wildman–Crippen LogP) is 2.08. The minimum atomic E-state index is -0.0212. The summed E-state index contributed by atoms with van der Waals surface area (Å²) in [7, 11) is 1.63. The van der Waals surface area contributed by atoms with Gasteiger partial charge in [0.1, 0.15) is 5.75 Å². The largest absolute Gasteiger partial charge is 0.497 e. The Kier molecular flexibility index (Phi) is 4.18. The van der Waals surface area contributed by atoms with Crippen LogP contribution in [0.2, 0.25) is 0 Å². The first-order chi connectivity index (χ1) is 9.24. The normalized spacial score (nSPS) is 10.2. The van der Waals surface area contributed by atoms with Gasteiger partial charge in [0.25, 0.3) is 5.91 Å². The van der Waals surface area contributed by atoms with Crippen LogP contribution in [-0.4, -0.2) is 34.7 Å². The molecule has 19 heavy (non-hydrogen) atoms. The van der Waals surface area contributed by atoms with E-state index in [1.165, 1.54) is 0 Å². The van der Waals surface area contributed by atoms with E-state index in [1.54, 1.807) is 24.4 Å². The van der Waals surface area contributed by atoms with Gasteiger partial charge in [-0.05, 0) is 24.6 Å². The fourth-order valence-corrected chi connectivity index (χ4v) is 1.83. The smallest absolute Gasteiger partial charge is 0.257 e. The topological polar surface area (TPSA) is 58.2 Å². The molecule has 5 heteroatoms. The zero-order valence-corrected chi connectivity index (χ0v) is 11.1. The lowest BCUT2D eigenvalue weighted by Gasteiger charge is -2.20. The number of nitrogens with one attached hydrogen (secondary N) is 1. The van der Waals surface area contributed by atoms with Gasteiger partial charge in [-0.1, -0.05) is 12.1 Å². The Balaban J connectivity index is 2.08. The quantitative estimate of drug-likeness (QED) is 0.894. The van der Waals surface area contributed by atoms with Crippen molar-refractivity contribution in [1.29, 1.82) is 0 Å². The number of carbonyl (C=O) groups is 1. The molecule has 0 saturated heterocycles. The average molecular weight is 259 g/mol. The van der Waals surface area contributed by atoms with E-state index in [0.29, 0.717) is 18.7 Å². The second-order valence-electron chi connectivity index (χ2n) is 4.15. The van der Waals surface area contributed by atoms with Crippen molar-refractivity contribution in [3.05, 3.63) is 47.8 Å². The summed E-state index contributed by atoms with van der Waals surface area (Å²) >= 11 is 0. The molecule has 100 valence electrons. The molecule has 0 fully saturated rings. The maximum Gasteiger partial charge on any atom is 0.257 e. The molecular formula is C14H17N3O2. The molecule has 0 spiro atoms. The minimum absolute atomic E-state index is 0.0212. The Morgan fingerprint density at radius 2 is 2.11 bits per heavy atom. The van der Waals surface area contributed by atoms with Gasteiger partial charge in [0.15, 0.2) is 0 Å². The number of hydrogen-bond acceptors (Lipinski definition) is 3. The first-order valence-electron chi connectivity index (χ1n) is 6.15. The third kappa shape index (κ3) is 3.13. The van der Waals surface area contributed by atoms with Crippen LogP contribution in [0.5, 0.6) is 5.75 Å². The molecule has 1 N–H and O–H groups in total. The highest BCUT2D eigenvalue weighted by atomic mass is 16.5. The maximum absolute atomic E-state index is 12.2. The lowest BCUT2D eigenvalue weighted by atomic mass is 10.2. The third-order valence-electron chi connectivity index (χ3n) is 2.95. The molecule has 1 aromatic heterocycles. The van der Waals surface area contributed by atoms with Crippen LogP contribution >= 0.6 is 0 Å². The van der Waals surface area contributed by atoms with Crippen molar-refractivity contribution in [2.75, 3.05) is 13.7 Å². The summed E-state index contributed by atoms with van der Waals surface area (Å²) in [4.78, 5) is 14.0. The van der Waals surface area contributed by atoms with Crippen LogP contribution in [0.15, 0.2) is 36.7 Å². The van der Waals surface area contributed by atoms with Crippen LogP contribution in [0.1, 0.15) is 22.8 Å². The molecule has 0 unspecified atom stereocenters. The molecule has 5 nitrogen and oxygen atoms in total. The molecular weight excluding hydrogens is 242 g/mol. The Morgan fingerprint density at radius 3 is 2.63 bits per heavy atom. The van der Waals surface area contributed by atoms with Crippen molar-refractivity contribution in [3.8, 4) is 5.75 Å². The van der Waals surface area contributed by atoms with Gasteiger partial charge in [-0.15, -0.1) is 0 Å². The Labute approximate surface area is 112 Å². The van der Waals surface area contributed by atoms with Crippen molar-refractivity contribution in [3.63, 3.8) is 0 Å². The summed E-state index contributed by atoms with van der Waals surface area (Å²) in [6.45, 7) is 3.18. The highest BCUT2D eigenvalue weighted by Gasteiger charge is 2.15. The van der Waals surface area contributed by atoms with Gasteiger partial charge in [0, 0.05) is 19.3 Å². The number of nitrogens with zero attached hydrogens (tertiary/aromatic N) is 2. The van der Waals surface area contributed by atoms with Gasteiger partial charge >= 0.3 is 0 Å². The molecule has 0 bridgehead atoms. The van der Waals surface area contributed by atoms with E-state index in [9.17, 15) is 4.79 Å². The number of rotatable bonds is 5. The molecule has 1 amide bonds. The second-order valence-corrected chi connectivity index (χ2v) is 4.15. The number of aromatic amines is 1. The van der Waals surface area contributed by atoms with Crippen molar-refractivity contribution < 1.29 is 9.53 Å². The number of amides is 1. The monoisotopic (exact) mass is 259 g/mol. The van der Waals surface area contributed by atoms with E-state index in [4.69, 9.17) is 4.74 Å². The Bertz CT molecular complexity index is 520. The summed E-state index contributed by atoms with van der Waals surface area (Å²) in [5.41, 5.74) is 1.65. The number of methoxy groups -OCH3 is 1. The molecule has 0 aliphatic rings. The Morgan fingerprint density at radius 1 is 1.37 bits per heavy atom. The van der Waals surface area contributed by atoms with Crippen molar-refractivity contribution in [1.82, 2.24) is 15.1 Å². The SMILES string of the molecule is CCN(Cc1ccc(OC)cc1)C(=O)c1cn[nH]c1. The molecule has 0 aliphatic carbocycles. The summed E-state index contributed by atoms with van der Waals surface area (Å²) in [6, 6.07) is 7.71. The van der Waals surface area contributed by atoms with Gasteiger partial charge in [-0.2, -0.15) is 5.10 Å². The summed E-state index contributed by atoms with van der Waals surface area (Å²) < 4.78 is 5.11. The van der Waals surface area contributed by atoms with Gasteiger partial charge in [-0.3, -0.25) is 9.89 Å². The van der Waals surface area contributed by atoms with E-state index in [2.05, 4.69) is 10.2 Å². The van der Waals surface area contributed by atoms with E-state index < -0.39 is 0 Å². The number of aromatic nitrogens is 2. The van der Waals surface area contributed by atoms with Crippen LogP contribution in [-0.2, 0) is 6.54 Å². The van der Waals surface area contributed by atoms with Crippen molar-refractivity contribution in [2.24, 2.45) is 0 Å². The highest BCUT2D eigenvalue weighted by molar-refractivity contribution is 5.93. The lowest BCUT2D eigenvalue weighted by Crippen LogP contribution is -2.30. The molecule has 0 radical (unpaired) electrons. The first kappa shape index (κ1) is 13.1. The molecule has 0 atom stereocenters. The summed E-state index contributed by atoms with van der Waals surface area (Å²) in [5, 5.41) is 6.46. The van der Waals surface area contributed by atoms with Crippen LogP contribution in [0.4, 0.5) is 0 Å². The number of H-pyrrole nitrogens is 1. The number of hydrogen-bond donors (Lipinski definition) is 1. The predicted molar refractivity (Wildman–Crippen MR) is 72.0 cm³/mol. The molecule has 0 aliphatic heterocycles. The fourth-order valence-electron chi connectivity index (χ4n) is 1.83. The second kappa shape index (κ2) is 6.04. The number of benzene rings is 1. The van der Waals surface area contributed by atoms with E-state index in [-0.39, 0.29) is 5.91 Å². The maximum atomic E-state index is 12.2. The molecule has 1 aromatic carbocycles. The minimum Gasteiger partial charge on any atom is -0.497 e. The zero-order chi connectivity index (χ0) is 13.7. The van der Waals surface area contributed by atoms with Crippen LogP contribution < -0.4 is 4.74 Å². The number of carbonyl (C=O) groups excluding carboxylic acids is 1. The Hall–Kier alpha value is -2.30. The summed E-state index contributed by atoms with van der Waals surface area (Å²) in [6.07, 6.45) is 3.15. The molecule has 2 aromatic rings. The molecule has 2 rings (SSSR count). The van der Waals surface area contributed by atoms with Gasteiger partial charge < -0.3 is 9.64 Å². The van der Waals surface area contributed by atoms with Crippen molar-refractivity contribution >= 4 is 5.91 Å². The van der Waals surface area contributed by atoms with Crippen LogP contribution in [0.25, 0.3) is 0 Å². The van der Waals surface area contributed by atoms with E-state index in [0.717, 1.165) is 11.3 Å². The molecule has 1 heterocycles. The van der Waals surface area contributed by atoms with Crippen LogP contribution in [0, 0.1) is 0 Å². The van der Waals surface area contributed by atoms with Crippen LogP contribution in [0.3, 0.4) is 0 Å². The van der Waals surface area contributed by atoms with E-state index in [1.807, 2.05) is 31.2 Å². The van der Waals surface area contributed by atoms with E-state index >= 15 is 0 Å².